The van der Waals surface area contributed by atoms with Crippen LogP contribution >= 0.6 is 11.6 Å². The second-order valence-electron chi connectivity index (χ2n) is 8.62. The average molecular weight is 486 g/mol. The number of hydrogen-bond donors (Lipinski definition) is 2. The van der Waals surface area contributed by atoms with Crippen molar-refractivity contribution in [3.63, 3.8) is 0 Å². The fraction of sp³-hybridized carbons (Fsp3) is 0.154. The Bertz CT molecular complexity index is 1660. The number of nitrogen functional groups attached to an aromatic ring is 1. The molecule has 1 saturated heterocycles. The number of H-pyrrole nitrogens is 1. The maximum atomic E-state index is 13.8. The van der Waals surface area contributed by atoms with Crippen molar-refractivity contribution in [2.45, 2.75) is 18.9 Å². The summed E-state index contributed by atoms with van der Waals surface area (Å²) in [7, 11) is 0. The SMILES string of the molecule is Nc1[nH][n+]2cccnc2c1C(=O)N1CCC[C@H]1c1cc2cccc(Cl)c2c(=O)n1-c1ccccc1. The van der Waals surface area contributed by atoms with E-state index < -0.39 is 0 Å². The van der Waals surface area contributed by atoms with Crippen molar-refractivity contribution in [1.82, 2.24) is 19.5 Å². The van der Waals surface area contributed by atoms with Gasteiger partial charge in [-0.25, -0.2) is 5.10 Å². The largest absolute Gasteiger partial charge is 0.382 e. The van der Waals surface area contributed by atoms with Crippen LogP contribution in [0.25, 0.3) is 22.1 Å². The lowest BCUT2D eigenvalue weighted by Gasteiger charge is -2.27. The highest BCUT2D eigenvalue weighted by Crippen LogP contribution is 2.36. The van der Waals surface area contributed by atoms with E-state index in [0.717, 1.165) is 23.2 Å². The van der Waals surface area contributed by atoms with Gasteiger partial charge in [0.2, 0.25) is 0 Å². The molecule has 1 amide bonds. The lowest BCUT2D eigenvalue weighted by atomic mass is 10.0. The first kappa shape index (κ1) is 21.4. The summed E-state index contributed by atoms with van der Waals surface area (Å²) in [4.78, 5) is 33.8. The number of halogens is 1. The predicted molar refractivity (Wildman–Crippen MR) is 134 cm³/mol. The molecule has 174 valence electrons. The molecule has 1 atom stereocenters. The predicted octanol–water partition coefficient (Wildman–Crippen LogP) is 3.67. The fourth-order valence-electron chi connectivity index (χ4n) is 5.05. The third-order valence-electron chi connectivity index (χ3n) is 6.59. The fourth-order valence-corrected chi connectivity index (χ4v) is 5.32. The molecule has 6 rings (SSSR count). The molecule has 0 radical (unpaired) electrons. The van der Waals surface area contributed by atoms with Crippen LogP contribution in [0.5, 0.6) is 0 Å². The van der Waals surface area contributed by atoms with Crippen molar-refractivity contribution >= 4 is 39.7 Å². The number of nitrogens with zero attached hydrogens (tertiary/aromatic N) is 4. The standard InChI is InChI=1S/C26H21ClN6O2/c27-18-10-4-7-16-15-20(33(26(35)21(16)18)17-8-2-1-3-9-17)19-11-5-13-31(19)25(34)22-23(28)30-32-14-6-12-29-24(22)32/h1-4,6-10,12,14-15,19H,5,11,13H2,(H2,28,30)/p+1/t19-/m0/s1. The molecule has 1 aliphatic heterocycles. The van der Waals surface area contributed by atoms with Crippen LogP contribution in [0.4, 0.5) is 5.82 Å². The molecule has 9 heteroatoms. The van der Waals surface area contributed by atoms with E-state index in [4.69, 9.17) is 17.3 Å². The van der Waals surface area contributed by atoms with Gasteiger partial charge in [0, 0.05) is 24.0 Å². The first-order chi connectivity index (χ1) is 17.0. The van der Waals surface area contributed by atoms with Gasteiger partial charge in [0.1, 0.15) is 12.4 Å². The topological polar surface area (TPSA) is 101 Å². The lowest BCUT2D eigenvalue weighted by Crippen LogP contribution is -2.35. The van der Waals surface area contributed by atoms with Crippen LogP contribution in [0.15, 0.2) is 77.9 Å². The molecule has 3 N–H and O–H groups in total. The van der Waals surface area contributed by atoms with Gasteiger partial charge in [-0.15, -0.1) is 4.52 Å². The number of pyridine rings is 1. The van der Waals surface area contributed by atoms with Crippen LogP contribution in [0.1, 0.15) is 34.9 Å². The van der Waals surface area contributed by atoms with E-state index in [0.29, 0.717) is 34.6 Å². The molecule has 1 fully saturated rings. The second-order valence-corrected chi connectivity index (χ2v) is 9.03. The lowest BCUT2D eigenvalue weighted by molar-refractivity contribution is -0.577. The molecule has 3 aromatic heterocycles. The van der Waals surface area contributed by atoms with E-state index in [1.165, 1.54) is 0 Å². The molecule has 0 aliphatic carbocycles. The molecule has 4 heterocycles. The zero-order chi connectivity index (χ0) is 24.1. The number of amides is 1. The molecule has 0 bridgehead atoms. The van der Waals surface area contributed by atoms with Crippen LogP contribution in [-0.4, -0.2) is 32.0 Å². The molecular weight excluding hydrogens is 464 g/mol. The number of rotatable bonds is 3. The molecule has 0 unspecified atom stereocenters. The van der Waals surface area contributed by atoms with E-state index in [1.54, 1.807) is 38.5 Å². The number of fused-ring (bicyclic) bond motifs is 2. The summed E-state index contributed by atoms with van der Waals surface area (Å²) in [5.74, 6) is 0.0331. The molecule has 1 aliphatic rings. The van der Waals surface area contributed by atoms with Crippen LogP contribution in [-0.2, 0) is 0 Å². The number of aromatic amines is 1. The number of para-hydroxylation sites is 1. The summed E-state index contributed by atoms with van der Waals surface area (Å²) in [6.45, 7) is 0.545. The van der Waals surface area contributed by atoms with Crippen LogP contribution in [0, 0.1) is 0 Å². The summed E-state index contributed by atoms with van der Waals surface area (Å²) in [5, 5.41) is 4.58. The Balaban J connectivity index is 1.55. The van der Waals surface area contributed by atoms with Crippen LogP contribution in [0.2, 0.25) is 5.02 Å². The number of carbonyl (C=O) groups excluding carboxylic acids is 1. The molecule has 2 aromatic carbocycles. The quantitative estimate of drug-likeness (QED) is 0.381. The Kier molecular flexibility index (Phi) is 5.04. The van der Waals surface area contributed by atoms with Crippen molar-refractivity contribution in [2.75, 3.05) is 12.3 Å². The molecule has 35 heavy (non-hydrogen) atoms. The monoisotopic (exact) mass is 485 g/mol. The molecule has 8 nitrogen and oxygen atoms in total. The Hall–Kier alpha value is -4.17. The van der Waals surface area contributed by atoms with Crippen molar-refractivity contribution in [1.29, 1.82) is 0 Å². The molecular formula is C26H22ClN6O2+. The van der Waals surface area contributed by atoms with Gasteiger partial charge in [-0.1, -0.05) is 41.9 Å². The van der Waals surface area contributed by atoms with Crippen LogP contribution in [0.3, 0.4) is 0 Å². The van der Waals surface area contributed by atoms with Crippen molar-refractivity contribution in [3.8, 4) is 5.69 Å². The minimum Gasteiger partial charge on any atom is -0.382 e. The molecule has 0 spiro atoms. The maximum Gasteiger partial charge on any atom is 0.363 e. The maximum absolute atomic E-state index is 13.8. The van der Waals surface area contributed by atoms with Gasteiger partial charge >= 0.3 is 5.65 Å². The average Bonchev–Trinajstić information content (AvgIpc) is 3.48. The smallest absolute Gasteiger partial charge is 0.363 e. The minimum absolute atomic E-state index is 0.211. The number of nitrogens with two attached hydrogens (primary N) is 1. The number of anilines is 1. The van der Waals surface area contributed by atoms with Gasteiger partial charge in [0.05, 0.1) is 16.5 Å². The Morgan fingerprint density at radius 3 is 2.80 bits per heavy atom. The number of likely N-dealkylation sites (tertiary alicyclic amines) is 1. The van der Waals surface area contributed by atoms with Gasteiger partial charge in [0.25, 0.3) is 11.5 Å². The number of nitrogens with one attached hydrogen (secondary N) is 1. The summed E-state index contributed by atoms with van der Waals surface area (Å²) in [6.07, 6.45) is 4.90. The third-order valence-corrected chi connectivity index (χ3v) is 6.90. The summed E-state index contributed by atoms with van der Waals surface area (Å²) in [6, 6.07) is 18.3. The van der Waals surface area contributed by atoms with Gasteiger partial charge in [-0.05, 0) is 47.5 Å². The highest BCUT2D eigenvalue weighted by molar-refractivity contribution is 6.35. The highest BCUT2D eigenvalue weighted by atomic mass is 35.5. The highest BCUT2D eigenvalue weighted by Gasteiger charge is 2.37. The summed E-state index contributed by atoms with van der Waals surface area (Å²) < 4.78 is 3.31. The number of aromatic nitrogens is 4. The molecule has 0 saturated carbocycles. The summed E-state index contributed by atoms with van der Waals surface area (Å²) in [5.41, 5.74) is 8.25. The first-order valence-electron chi connectivity index (χ1n) is 11.4. The number of benzene rings is 2. The number of hydrogen-bond acceptors (Lipinski definition) is 4. The van der Waals surface area contributed by atoms with E-state index in [1.807, 2.05) is 48.5 Å². The third kappa shape index (κ3) is 3.37. The van der Waals surface area contributed by atoms with Gasteiger partial charge in [0.15, 0.2) is 11.4 Å². The van der Waals surface area contributed by atoms with E-state index >= 15 is 0 Å². The van der Waals surface area contributed by atoms with Crippen molar-refractivity contribution in [2.24, 2.45) is 0 Å². The summed E-state index contributed by atoms with van der Waals surface area (Å²) >= 11 is 6.45. The second kappa shape index (κ2) is 8.25. The minimum atomic E-state index is -0.322. The van der Waals surface area contributed by atoms with Crippen molar-refractivity contribution in [3.05, 3.63) is 99.7 Å². The zero-order valence-electron chi connectivity index (χ0n) is 18.7. The van der Waals surface area contributed by atoms with Gasteiger partial charge < -0.3 is 10.6 Å². The van der Waals surface area contributed by atoms with Crippen LogP contribution < -0.4 is 15.8 Å². The normalized spacial score (nSPS) is 15.8. The Morgan fingerprint density at radius 1 is 1.14 bits per heavy atom. The van der Waals surface area contributed by atoms with E-state index in [9.17, 15) is 9.59 Å². The Labute approximate surface area is 205 Å². The van der Waals surface area contributed by atoms with E-state index in [-0.39, 0.29) is 23.3 Å². The van der Waals surface area contributed by atoms with Crippen molar-refractivity contribution < 1.29 is 9.31 Å². The zero-order valence-corrected chi connectivity index (χ0v) is 19.4. The first-order valence-corrected chi connectivity index (χ1v) is 11.8. The van der Waals surface area contributed by atoms with Gasteiger partial charge in [-0.2, -0.15) is 0 Å². The number of carbonyl (C=O) groups is 1. The molecule has 5 aromatic rings. The van der Waals surface area contributed by atoms with E-state index in [2.05, 4.69) is 10.1 Å². The Morgan fingerprint density at radius 2 is 1.97 bits per heavy atom. The van der Waals surface area contributed by atoms with Gasteiger partial charge in [-0.3, -0.25) is 14.2 Å².